The lowest BCUT2D eigenvalue weighted by Crippen LogP contribution is -2.25. The first-order valence-electron chi connectivity index (χ1n) is 6.19. The number of nitrogens with zero attached hydrogens (tertiary/aromatic N) is 1. The van der Waals surface area contributed by atoms with E-state index >= 15 is 0 Å². The number of hydrogen-bond donors (Lipinski definition) is 1. The van der Waals surface area contributed by atoms with Gasteiger partial charge in [0.05, 0.1) is 0 Å². The molecule has 0 spiro atoms. The minimum absolute atomic E-state index is 0.0891. The molecule has 0 aliphatic carbocycles. The van der Waals surface area contributed by atoms with Crippen LogP contribution in [0.2, 0.25) is 0 Å². The van der Waals surface area contributed by atoms with Gasteiger partial charge in [-0.3, -0.25) is 4.79 Å². The fraction of sp³-hybridized carbons (Fsp3) is 0.500. The van der Waals surface area contributed by atoms with Crippen LogP contribution in [0.15, 0.2) is 16.9 Å². The van der Waals surface area contributed by atoms with Gasteiger partial charge in [-0.05, 0) is 31.9 Å². The Morgan fingerprint density at radius 2 is 2.12 bits per heavy atom. The molecule has 0 saturated heterocycles. The van der Waals surface area contributed by atoms with E-state index in [1.165, 1.54) is 0 Å². The zero-order chi connectivity index (χ0) is 12.8. The Labute approximate surface area is 103 Å². The van der Waals surface area contributed by atoms with E-state index in [4.69, 9.17) is 5.73 Å². The number of aromatic nitrogens is 1. The Morgan fingerprint density at radius 3 is 2.71 bits per heavy atom. The first-order valence-corrected chi connectivity index (χ1v) is 6.19. The van der Waals surface area contributed by atoms with Crippen molar-refractivity contribution in [1.29, 1.82) is 0 Å². The highest BCUT2D eigenvalue weighted by Crippen LogP contribution is 2.08. The topological polar surface area (TPSA) is 48.0 Å². The van der Waals surface area contributed by atoms with Crippen LogP contribution < -0.4 is 11.3 Å². The van der Waals surface area contributed by atoms with Gasteiger partial charge in [-0.1, -0.05) is 25.5 Å². The Balaban J connectivity index is 3.22. The van der Waals surface area contributed by atoms with Crippen molar-refractivity contribution in [3.63, 3.8) is 0 Å². The Bertz CT molecular complexity index is 458. The maximum Gasteiger partial charge on any atom is 0.258 e. The second-order valence-corrected chi connectivity index (χ2v) is 4.32. The summed E-state index contributed by atoms with van der Waals surface area (Å²) in [6.45, 7) is 7.43. The van der Waals surface area contributed by atoms with E-state index in [1.54, 1.807) is 0 Å². The SMILES string of the molecule is CCCCn1c(C)c(C)cc(C=CCN)c1=O. The number of hydrogen-bond acceptors (Lipinski definition) is 2. The average molecular weight is 234 g/mol. The van der Waals surface area contributed by atoms with Gasteiger partial charge in [0.1, 0.15) is 0 Å². The average Bonchev–Trinajstić information content (AvgIpc) is 2.32. The molecule has 0 radical (unpaired) electrons. The summed E-state index contributed by atoms with van der Waals surface area (Å²) in [4.78, 5) is 12.2. The fourth-order valence-electron chi connectivity index (χ4n) is 1.82. The van der Waals surface area contributed by atoms with E-state index < -0.39 is 0 Å². The monoisotopic (exact) mass is 234 g/mol. The molecule has 3 nitrogen and oxygen atoms in total. The predicted octanol–water partition coefficient (Wildman–Crippen LogP) is 2.24. The van der Waals surface area contributed by atoms with Crippen molar-refractivity contribution >= 4 is 6.08 Å². The lowest BCUT2D eigenvalue weighted by atomic mass is 10.1. The molecule has 1 rings (SSSR count). The molecule has 0 fully saturated rings. The summed E-state index contributed by atoms with van der Waals surface area (Å²) in [6, 6.07) is 1.94. The standard InChI is InChI=1S/C14H22N2O/c1-4-5-9-16-12(3)11(2)10-13(14(16)17)7-6-8-15/h6-7,10H,4-5,8-9,15H2,1-3H3. The largest absolute Gasteiger partial charge is 0.327 e. The number of aryl methyl sites for hydroxylation is 1. The van der Waals surface area contributed by atoms with E-state index in [-0.39, 0.29) is 5.56 Å². The molecule has 0 aliphatic rings. The van der Waals surface area contributed by atoms with E-state index in [1.807, 2.05) is 36.6 Å². The zero-order valence-corrected chi connectivity index (χ0v) is 11.0. The van der Waals surface area contributed by atoms with Crippen LogP contribution in [0.1, 0.15) is 36.6 Å². The first-order chi connectivity index (χ1) is 8.11. The highest BCUT2D eigenvalue weighted by atomic mass is 16.1. The van der Waals surface area contributed by atoms with Gasteiger partial charge >= 0.3 is 0 Å². The minimum Gasteiger partial charge on any atom is -0.327 e. The maximum absolute atomic E-state index is 12.2. The van der Waals surface area contributed by atoms with Crippen LogP contribution >= 0.6 is 0 Å². The molecule has 0 saturated carbocycles. The van der Waals surface area contributed by atoms with Gasteiger partial charge in [0.25, 0.3) is 5.56 Å². The third-order valence-corrected chi connectivity index (χ3v) is 3.01. The summed E-state index contributed by atoms with van der Waals surface area (Å²) in [5.74, 6) is 0. The molecule has 3 heteroatoms. The third kappa shape index (κ3) is 3.30. The van der Waals surface area contributed by atoms with Gasteiger partial charge in [0.2, 0.25) is 0 Å². The number of rotatable bonds is 5. The molecule has 0 amide bonds. The molecule has 0 atom stereocenters. The number of nitrogens with two attached hydrogens (primary N) is 1. The summed E-state index contributed by atoms with van der Waals surface area (Å²) in [7, 11) is 0. The van der Waals surface area contributed by atoms with Crippen LogP contribution in [-0.4, -0.2) is 11.1 Å². The molecular weight excluding hydrogens is 212 g/mol. The predicted molar refractivity (Wildman–Crippen MR) is 73.2 cm³/mol. The quantitative estimate of drug-likeness (QED) is 0.849. The van der Waals surface area contributed by atoms with Crippen molar-refractivity contribution in [2.45, 2.75) is 40.2 Å². The molecule has 94 valence electrons. The van der Waals surface area contributed by atoms with Crippen molar-refractivity contribution in [2.75, 3.05) is 6.54 Å². The van der Waals surface area contributed by atoms with Gasteiger partial charge in [-0.15, -0.1) is 0 Å². The molecule has 17 heavy (non-hydrogen) atoms. The smallest absolute Gasteiger partial charge is 0.258 e. The summed E-state index contributed by atoms with van der Waals surface area (Å²) in [5.41, 5.74) is 8.45. The molecule has 0 unspecified atom stereocenters. The lowest BCUT2D eigenvalue weighted by Gasteiger charge is -2.13. The van der Waals surface area contributed by atoms with Crippen LogP contribution in [0.3, 0.4) is 0 Å². The van der Waals surface area contributed by atoms with Crippen LogP contribution in [0.5, 0.6) is 0 Å². The van der Waals surface area contributed by atoms with E-state index in [9.17, 15) is 4.79 Å². The van der Waals surface area contributed by atoms with Gasteiger partial charge in [0.15, 0.2) is 0 Å². The van der Waals surface area contributed by atoms with Crippen molar-refractivity contribution in [2.24, 2.45) is 5.73 Å². The molecule has 0 aliphatic heterocycles. The second-order valence-electron chi connectivity index (χ2n) is 4.32. The second kappa shape index (κ2) is 6.40. The highest BCUT2D eigenvalue weighted by Gasteiger charge is 2.06. The van der Waals surface area contributed by atoms with Gasteiger partial charge < -0.3 is 10.3 Å². The van der Waals surface area contributed by atoms with Crippen molar-refractivity contribution < 1.29 is 0 Å². The normalized spacial score (nSPS) is 11.3. The molecule has 0 bridgehead atoms. The Morgan fingerprint density at radius 1 is 1.41 bits per heavy atom. The van der Waals surface area contributed by atoms with Crippen LogP contribution in [0.25, 0.3) is 6.08 Å². The maximum atomic E-state index is 12.2. The van der Waals surface area contributed by atoms with Crippen LogP contribution in [0.4, 0.5) is 0 Å². The van der Waals surface area contributed by atoms with Crippen molar-refractivity contribution in [1.82, 2.24) is 4.57 Å². The van der Waals surface area contributed by atoms with Gasteiger partial charge in [0, 0.05) is 24.3 Å². The molecule has 2 N–H and O–H groups in total. The third-order valence-electron chi connectivity index (χ3n) is 3.01. The fourth-order valence-corrected chi connectivity index (χ4v) is 1.82. The first kappa shape index (κ1) is 13.7. The van der Waals surface area contributed by atoms with Gasteiger partial charge in [-0.2, -0.15) is 0 Å². The van der Waals surface area contributed by atoms with E-state index in [0.29, 0.717) is 6.54 Å². The van der Waals surface area contributed by atoms with Crippen LogP contribution in [-0.2, 0) is 6.54 Å². The number of pyridine rings is 1. The zero-order valence-electron chi connectivity index (χ0n) is 11.0. The van der Waals surface area contributed by atoms with Crippen LogP contribution in [0, 0.1) is 13.8 Å². The summed E-state index contributed by atoms with van der Waals surface area (Å²) < 4.78 is 1.87. The highest BCUT2D eigenvalue weighted by molar-refractivity contribution is 5.50. The molecular formula is C14H22N2O. The van der Waals surface area contributed by atoms with E-state index in [2.05, 4.69) is 6.92 Å². The Kier molecular flexibility index (Phi) is 5.16. The molecule has 1 heterocycles. The number of unbranched alkanes of at least 4 members (excludes halogenated alkanes) is 1. The molecule has 0 aromatic carbocycles. The van der Waals surface area contributed by atoms with Crippen molar-refractivity contribution in [3.05, 3.63) is 39.3 Å². The summed E-state index contributed by atoms with van der Waals surface area (Å²) in [5, 5.41) is 0. The van der Waals surface area contributed by atoms with E-state index in [0.717, 1.165) is 36.2 Å². The minimum atomic E-state index is 0.0891. The molecule has 1 aromatic rings. The molecule has 1 aromatic heterocycles. The summed E-state index contributed by atoms with van der Waals surface area (Å²) in [6.07, 6.45) is 5.75. The lowest BCUT2D eigenvalue weighted by molar-refractivity contribution is 0.595. The van der Waals surface area contributed by atoms with Crippen molar-refractivity contribution in [3.8, 4) is 0 Å². The Hall–Kier alpha value is -1.35. The summed E-state index contributed by atoms with van der Waals surface area (Å²) >= 11 is 0. The van der Waals surface area contributed by atoms with Gasteiger partial charge in [-0.25, -0.2) is 0 Å².